The molecule has 3 heterocycles. The van der Waals surface area contributed by atoms with Crippen LogP contribution in [0.3, 0.4) is 0 Å². The highest BCUT2D eigenvalue weighted by Gasteiger charge is 2.25. The molecule has 0 unspecified atom stereocenters. The number of aromatic nitrogens is 1. The molecular formula is C15H12N2O4S. The average molecular weight is 316 g/mol. The number of nitrogens with zero attached hydrogens (tertiary/aromatic N) is 2. The van der Waals surface area contributed by atoms with Crippen LogP contribution in [0, 0.1) is 0 Å². The molecule has 0 amide bonds. The zero-order valence-electron chi connectivity index (χ0n) is 11.9. The van der Waals surface area contributed by atoms with Crippen LogP contribution in [0.4, 0.5) is 0 Å². The number of carbonyl (C=O) groups is 1. The molecule has 1 aliphatic rings. The van der Waals surface area contributed by atoms with Crippen molar-refractivity contribution < 1.29 is 19.0 Å². The Labute approximate surface area is 130 Å². The molecule has 0 spiro atoms. The van der Waals surface area contributed by atoms with Crippen LogP contribution in [0.5, 0.6) is 11.8 Å². The van der Waals surface area contributed by atoms with E-state index >= 15 is 0 Å². The molecule has 0 aliphatic carbocycles. The highest BCUT2D eigenvalue weighted by Crippen LogP contribution is 2.26. The second-order valence-corrected chi connectivity index (χ2v) is 5.21. The van der Waals surface area contributed by atoms with Gasteiger partial charge >= 0.3 is 5.97 Å². The van der Waals surface area contributed by atoms with Gasteiger partial charge in [0.05, 0.1) is 19.1 Å². The van der Waals surface area contributed by atoms with Crippen molar-refractivity contribution >= 4 is 29.3 Å². The van der Waals surface area contributed by atoms with Gasteiger partial charge in [-0.25, -0.2) is 9.79 Å². The summed E-state index contributed by atoms with van der Waals surface area (Å²) in [6.07, 6.45) is 1.58. The van der Waals surface area contributed by atoms with Crippen LogP contribution in [0.25, 0.3) is 6.08 Å². The topological polar surface area (TPSA) is 70.0 Å². The SMILES string of the molecule is COc1ccc(C=C2N=C(c3cccs3)OC2=O)c(OC)n1. The molecule has 1 aliphatic heterocycles. The minimum atomic E-state index is -0.499. The van der Waals surface area contributed by atoms with Crippen LogP contribution in [0.2, 0.25) is 0 Å². The van der Waals surface area contributed by atoms with Gasteiger partial charge in [-0.3, -0.25) is 0 Å². The van der Waals surface area contributed by atoms with E-state index in [1.165, 1.54) is 25.6 Å². The van der Waals surface area contributed by atoms with Crippen LogP contribution < -0.4 is 9.47 Å². The van der Waals surface area contributed by atoms with Crippen LogP contribution in [0.1, 0.15) is 10.4 Å². The summed E-state index contributed by atoms with van der Waals surface area (Å²) < 4.78 is 15.4. The molecule has 0 atom stereocenters. The molecule has 3 rings (SSSR count). The van der Waals surface area contributed by atoms with E-state index in [1.54, 1.807) is 18.2 Å². The molecule has 6 nitrogen and oxygen atoms in total. The van der Waals surface area contributed by atoms with Crippen molar-refractivity contribution in [3.8, 4) is 11.8 Å². The smallest absolute Gasteiger partial charge is 0.363 e. The lowest BCUT2D eigenvalue weighted by Gasteiger charge is -2.05. The van der Waals surface area contributed by atoms with E-state index in [-0.39, 0.29) is 5.70 Å². The zero-order valence-corrected chi connectivity index (χ0v) is 12.7. The number of cyclic esters (lactones) is 1. The number of pyridine rings is 1. The first-order chi connectivity index (χ1) is 10.7. The molecule has 22 heavy (non-hydrogen) atoms. The summed E-state index contributed by atoms with van der Waals surface area (Å²) in [6.45, 7) is 0. The number of aliphatic imine (C=N–C) groups is 1. The zero-order chi connectivity index (χ0) is 15.5. The number of rotatable bonds is 4. The van der Waals surface area contributed by atoms with Gasteiger partial charge in [0.15, 0.2) is 5.70 Å². The lowest BCUT2D eigenvalue weighted by atomic mass is 10.2. The number of thiophene rings is 1. The third-order valence-electron chi connectivity index (χ3n) is 2.91. The summed E-state index contributed by atoms with van der Waals surface area (Å²) in [5, 5.41) is 1.89. The Bertz CT molecular complexity index is 766. The van der Waals surface area contributed by atoms with Gasteiger partial charge in [0.2, 0.25) is 17.7 Å². The van der Waals surface area contributed by atoms with Gasteiger partial charge < -0.3 is 14.2 Å². The Morgan fingerprint density at radius 3 is 2.77 bits per heavy atom. The number of esters is 1. The molecule has 2 aromatic heterocycles. The Hall–Kier alpha value is -2.67. The highest BCUT2D eigenvalue weighted by molar-refractivity contribution is 7.12. The average Bonchev–Trinajstić information content (AvgIpc) is 3.18. The quantitative estimate of drug-likeness (QED) is 0.640. The Morgan fingerprint density at radius 1 is 1.23 bits per heavy atom. The van der Waals surface area contributed by atoms with Crippen molar-refractivity contribution in [1.82, 2.24) is 4.98 Å². The van der Waals surface area contributed by atoms with Crippen molar-refractivity contribution in [2.75, 3.05) is 14.2 Å². The number of hydrogen-bond acceptors (Lipinski definition) is 7. The van der Waals surface area contributed by atoms with E-state index in [4.69, 9.17) is 14.2 Å². The van der Waals surface area contributed by atoms with E-state index < -0.39 is 5.97 Å². The molecule has 7 heteroatoms. The number of hydrogen-bond donors (Lipinski definition) is 0. The maximum Gasteiger partial charge on any atom is 0.363 e. The predicted molar refractivity (Wildman–Crippen MR) is 82.3 cm³/mol. The van der Waals surface area contributed by atoms with Crippen molar-refractivity contribution in [3.05, 3.63) is 45.8 Å². The highest BCUT2D eigenvalue weighted by atomic mass is 32.1. The Kier molecular flexibility index (Phi) is 3.88. The largest absolute Gasteiger partial charge is 0.481 e. The fraction of sp³-hybridized carbons (Fsp3) is 0.133. The lowest BCUT2D eigenvalue weighted by Crippen LogP contribution is -2.03. The molecule has 0 N–H and O–H groups in total. The summed E-state index contributed by atoms with van der Waals surface area (Å²) in [6, 6.07) is 7.13. The van der Waals surface area contributed by atoms with Crippen LogP contribution in [0.15, 0.2) is 40.3 Å². The third kappa shape index (κ3) is 2.71. The second kappa shape index (κ2) is 5.98. The molecule has 0 saturated heterocycles. The summed E-state index contributed by atoms with van der Waals surface area (Å²) in [5.74, 6) is 0.586. The third-order valence-corrected chi connectivity index (χ3v) is 3.77. The van der Waals surface area contributed by atoms with Gasteiger partial charge in [-0.15, -0.1) is 11.3 Å². The van der Waals surface area contributed by atoms with Crippen molar-refractivity contribution in [2.45, 2.75) is 0 Å². The number of methoxy groups -OCH3 is 2. The number of ether oxygens (including phenoxy) is 3. The second-order valence-electron chi connectivity index (χ2n) is 4.27. The van der Waals surface area contributed by atoms with Gasteiger partial charge in [-0.05, 0) is 23.6 Å². The first-order valence-electron chi connectivity index (χ1n) is 6.36. The van der Waals surface area contributed by atoms with Crippen LogP contribution in [-0.2, 0) is 9.53 Å². The summed E-state index contributed by atoms with van der Waals surface area (Å²) in [4.78, 5) is 21.1. The molecule has 0 saturated carbocycles. The van der Waals surface area contributed by atoms with E-state index in [0.29, 0.717) is 23.2 Å². The molecule has 0 fully saturated rings. The van der Waals surface area contributed by atoms with Crippen LogP contribution >= 0.6 is 11.3 Å². The molecular weight excluding hydrogens is 304 g/mol. The van der Waals surface area contributed by atoms with E-state index in [9.17, 15) is 4.79 Å². The summed E-state index contributed by atoms with van der Waals surface area (Å²) >= 11 is 1.45. The van der Waals surface area contributed by atoms with Crippen molar-refractivity contribution in [3.63, 3.8) is 0 Å². The minimum Gasteiger partial charge on any atom is -0.481 e. The van der Waals surface area contributed by atoms with Crippen molar-refractivity contribution in [1.29, 1.82) is 0 Å². The first kappa shape index (κ1) is 14.3. The summed E-state index contributed by atoms with van der Waals surface area (Å²) in [7, 11) is 3.02. The standard InChI is InChI=1S/C15H12N2O4S/c1-19-12-6-5-9(13(17-12)20-2)8-10-15(18)21-14(16-10)11-4-3-7-22-11/h3-8H,1-2H3. The van der Waals surface area contributed by atoms with Gasteiger partial charge in [0, 0.05) is 11.6 Å². The fourth-order valence-electron chi connectivity index (χ4n) is 1.88. The normalized spacial score (nSPS) is 15.6. The monoisotopic (exact) mass is 316 g/mol. The predicted octanol–water partition coefficient (Wildman–Crippen LogP) is 2.50. The molecule has 112 valence electrons. The van der Waals surface area contributed by atoms with Gasteiger partial charge in [-0.2, -0.15) is 4.98 Å². The molecule has 0 aromatic carbocycles. The van der Waals surface area contributed by atoms with E-state index in [0.717, 1.165) is 4.88 Å². The summed E-state index contributed by atoms with van der Waals surface area (Å²) in [5.41, 5.74) is 0.820. The maximum atomic E-state index is 11.9. The molecule has 0 bridgehead atoms. The maximum absolute atomic E-state index is 11.9. The lowest BCUT2D eigenvalue weighted by molar-refractivity contribution is -0.129. The van der Waals surface area contributed by atoms with Gasteiger partial charge in [-0.1, -0.05) is 6.07 Å². The van der Waals surface area contributed by atoms with E-state index in [2.05, 4.69) is 9.98 Å². The Morgan fingerprint density at radius 2 is 2.09 bits per heavy atom. The van der Waals surface area contributed by atoms with E-state index in [1.807, 2.05) is 17.5 Å². The van der Waals surface area contributed by atoms with Crippen molar-refractivity contribution in [2.24, 2.45) is 4.99 Å². The molecule has 2 aromatic rings. The molecule has 0 radical (unpaired) electrons. The minimum absolute atomic E-state index is 0.202. The first-order valence-corrected chi connectivity index (χ1v) is 7.24. The van der Waals surface area contributed by atoms with Gasteiger partial charge in [0.25, 0.3) is 0 Å². The number of carbonyl (C=O) groups excluding carboxylic acids is 1. The van der Waals surface area contributed by atoms with Gasteiger partial charge in [0.1, 0.15) is 0 Å². The fourth-order valence-corrected chi connectivity index (χ4v) is 2.53. The van der Waals surface area contributed by atoms with Crippen LogP contribution in [-0.4, -0.2) is 31.1 Å². The Balaban J connectivity index is 1.96.